The highest BCUT2D eigenvalue weighted by Gasteiger charge is 2.15. The van der Waals surface area contributed by atoms with Crippen molar-refractivity contribution in [1.29, 1.82) is 0 Å². The van der Waals surface area contributed by atoms with Gasteiger partial charge in [-0.15, -0.1) is 24.0 Å². The van der Waals surface area contributed by atoms with Crippen LogP contribution in [0.4, 0.5) is 0 Å². The Labute approximate surface area is 145 Å². The van der Waals surface area contributed by atoms with Crippen molar-refractivity contribution in [2.45, 2.75) is 11.3 Å². The van der Waals surface area contributed by atoms with Crippen LogP contribution in [-0.2, 0) is 6.42 Å². The van der Waals surface area contributed by atoms with Gasteiger partial charge in [-0.3, -0.25) is 4.79 Å². The Morgan fingerprint density at radius 1 is 1.09 bits per heavy atom. The molecule has 1 aromatic heterocycles. The lowest BCUT2D eigenvalue weighted by Gasteiger charge is -2.01. The van der Waals surface area contributed by atoms with Gasteiger partial charge in [0.15, 0.2) is 0 Å². The molecular formula is C19H16O2S2. The predicted molar refractivity (Wildman–Crippen MR) is 97.2 cm³/mol. The van der Waals surface area contributed by atoms with Crippen LogP contribution in [0.5, 0.6) is 5.75 Å². The van der Waals surface area contributed by atoms with Gasteiger partial charge in [0.1, 0.15) is 5.75 Å². The highest BCUT2D eigenvalue weighted by molar-refractivity contribution is 7.80. The van der Waals surface area contributed by atoms with E-state index in [1.54, 1.807) is 31.4 Å². The fraction of sp³-hybridized carbons (Fsp3) is 0.105. The highest BCUT2D eigenvalue weighted by Crippen LogP contribution is 2.30. The molecule has 2 aromatic carbocycles. The predicted octanol–water partition coefficient (Wildman–Crippen LogP) is 4.87. The van der Waals surface area contributed by atoms with E-state index in [9.17, 15) is 4.79 Å². The van der Waals surface area contributed by atoms with Gasteiger partial charge in [0.2, 0.25) is 5.78 Å². The Balaban J connectivity index is 1.83. The van der Waals surface area contributed by atoms with Crippen LogP contribution in [-0.4, -0.2) is 12.9 Å². The maximum atomic E-state index is 12.6. The number of hydrogen-bond acceptors (Lipinski definition) is 4. The van der Waals surface area contributed by atoms with Gasteiger partial charge in [-0.1, -0.05) is 30.3 Å². The van der Waals surface area contributed by atoms with Crippen LogP contribution < -0.4 is 4.74 Å². The molecular weight excluding hydrogens is 324 g/mol. The molecule has 0 aliphatic rings. The molecule has 1 heterocycles. The van der Waals surface area contributed by atoms with Gasteiger partial charge >= 0.3 is 0 Å². The first-order valence-corrected chi connectivity index (χ1v) is 8.48. The molecule has 3 rings (SSSR count). The lowest BCUT2D eigenvalue weighted by atomic mass is 10.1. The Morgan fingerprint density at radius 3 is 2.43 bits per heavy atom. The van der Waals surface area contributed by atoms with Crippen molar-refractivity contribution in [1.82, 2.24) is 0 Å². The SMILES string of the molecule is COc1ccc(C(=O)c2cc(S)c(Cc3ccccc3)s2)cc1. The molecule has 0 aliphatic carbocycles. The molecule has 116 valence electrons. The van der Waals surface area contributed by atoms with E-state index in [4.69, 9.17) is 4.74 Å². The van der Waals surface area contributed by atoms with Gasteiger partial charge in [0.25, 0.3) is 0 Å². The zero-order valence-corrected chi connectivity index (χ0v) is 14.4. The van der Waals surface area contributed by atoms with Crippen molar-refractivity contribution in [3.05, 3.63) is 81.5 Å². The fourth-order valence-electron chi connectivity index (χ4n) is 2.32. The minimum absolute atomic E-state index is 0.0206. The number of methoxy groups -OCH3 is 1. The van der Waals surface area contributed by atoms with E-state index in [-0.39, 0.29) is 5.78 Å². The summed E-state index contributed by atoms with van der Waals surface area (Å²) in [6.07, 6.45) is 0.792. The van der Waals surface area contributed by atoms with Gasteiger partial charge in [0, 0.05) is 21.8 Å². The monoisotopic (exact) mass is 340 g/mol. The molecule has 0 saturated heterocycles. The number of rotatable bonds is 5. The van der Waals surface area contributed by atoms with Gasteiger partial charge < -0.3 is 4.74 Å². The molecule has 23 heavy (non-hydrogen) atoms. The number of thiol groups is 1. The summed E-state index contributed by atoms with van der Waals surface area (Å²) >= 11 is 6.04. The zero-order valence-electron chi connectivity index (χ0n) is 12.7. The van der Waals surface area contributed by atoms with Crippen molar-refractivity contribution in [2.75, 3.05) is 7.11 Å². The van der Waals surface area contributed by atoms with Crippen molar-refractivity contribution >= 4 is 29.7 Å². The fourth-order valence-corrected chi connectivity index (χ4v) is 3.81. The number of carbonyl (C=O) groups excluding carboxylic acids is 1. The van der Waals surface area contributed by atoms with Crippen LogP contribution in [0, 0.1) is 0 Å². The molecule has 0 spiro atoms. The standard InChI is InChI=1S/C19H16O2S2/c1-21-15-9-7-14(8-10-15)19(20)18-12-16(22)17(23-18)11-13-5-3-2-4-6-13/h2-10,12,22H,11H2,1H3. The summed E-state index contributed by atoms with van der Waals surface area (Å²) in [5, 5.41) is 0. The third-order valence-corrected chi connectivity index (χ3v) is 5.25. The summed E-state index contributed by atoms with van der Waals surface area (Å²) in [6.45, 7) is 0. The normalized spacial score (nSPS) is 10.5. The average Bonchev–Trinajstić information content (AvgIpc) is 2.96. The second-order valence-corrected chi connectivity index (χ2v) is 6.76. The first-order chi connectivity index (χ1) is 11.2. The molecule has 0 saturated carbocycles. The Hall–Kier alpha value is -2.04. The van der Waals surface area contributed by atoms with E-state index in [1.165, 1.54) is 16.9 Å². The number of ether oxygens (including phenoxy) is 1. The molecule has 0 radical (unpaired) electrons. The number of carbonyl (C=O) groups is 1. The largest absolute Gasteiger partial charge is 0.497 e. The Bertz CT molecular complexity index is 805. The maximum absolute atomic E-state index is 12.6. The molecule has 0 N–H and O–H groups in total. The van der Waals surface area contributed by atoms with Crippen LogP contribution in [0.1, 0.15) is 25.7 Å². The van der Waals surface area contributed by atoms with Crippen LogP contribution in [0.25, 0.3) is 0 Å². The van der Waals surface area contributed by atoms with E-state index in [1.807, 2.05) is 24.3 Å². The van der Waals surface area contributed by atoms with Crippen molar-refractivity contribution in [3.8, 4) is 5.75 Å². The third kappa shape index (κ3) is 3.66. The van der Waals surface area contributed by atoms with E-state index in [0.717, 1.165) is 21.9 Å². The quantitative estimate of drug-likeness (QED) is 0.530. The summed E-state index contributed by atoms with van der Waals surface area (Å²) < 4.78 is 5.12. The lowest BCUT2D eigenvalue weighted by Crippen LogP contribution is -1.98. The average molecular weight is 340 g/mol. The van der Waals surface area contributed by atoms with Gasteiger partial charge in [-0.25, -0.2) is 0 Å². The zero-order chi connectivity index (χ0) is 16.2. The van der Waals surface area contributed by atoms with Gasteiger partial charge in [-0.05, 0) is 35.9 Å². The minimum Gasteiger partial charge on any atom is -0.497 e. The highest BCUT2D eigenvalue weighted by atomic mass is 32.1. The summed E-state index contributed by atoms with van der Waals surface area (Å²) in [4.78, 5) is 15.3. The lowest BCUT2D eigenvalue weighted by molar-refractivity contribution is 0.104. The summed E-state index contributed by atoms with van der Waals surface area (Å²) in [5.41, 5.74) is 1.87. The first kappa shape index (κ1) is 15.8. The summed E-state index contributed by atoms with van der Waals surface area (Å²) in [6, 6.07) is 19.2. The smallest absolute Gasteiger partial charge is 0.202 e. The van der Waals surface area contributed by atoms with Crippen LogP contribution in [0.3, 0.4) is 0 Å². The van der Waals surface area contributed by atoms with Crippen LogP contribution in [0.15, 0.2) is 65.6 Å². The van der Waals surface area contributed by atoms with E-state index in [2.05, 4.69) is 24.8 Å². The second kappa shape index (κ2) is 7.02. The third-order valence-electron chi connectivity index (χ3n) is 3.57. The first-order valence-electron chi connectivity index (χ1n) is 7.21. The van der Waals surface area contributed by atoms with Crippen molar-refractivity contribution in [2.24, 2.45) is 0 Å². The van der Waals surface area contributed by atoms with E-state index in [0.29, 0.717) is 10.4 Å². The van der Waals surface area contributed by atoms with E-state index < -0.39 is 0 Å². The topological polar surface area (TPSA) is 26.3 Å². The minimum atomic E-state index is 0.0206. The number of ketones is 1. The number of thiophene rings is 1. The van der Waals surface area contributed by atoms with E-state index >= 15 is 0 Å². The molecule has 0 fully saturated rings. The number of benzene rings is 2. The Kier molecular flexibility index (Phi) is 4.84. The molecule has 2 nitrogen and oxygen atoms in total. The molecule has 4 heteroatoms. The molecule has 0 bridgehead atoms. The molecule has 0 amide bonds. The van der Waals surface area contributed by atoms with Gasteiger partial charge in [-0.2, -0.15) is 0 Å². The van der Waals surface area contributed by atoms with Crippen LogP contribution >= 0.6 is 24.0 Å². The Morgan fingerprint density at radius 2 is 1.78 bits per heavy atom. The second-order valence-electron chi connectivity index (χ2n) is 5.14. The van der Waals surface area contributed by atoms with Gasteiger partial charge in [0.05, 0.1) is 12.0 Å². The molecule has 0 unspecified atom stereocenters. The molecule has 0 atom stereocenters. The van der Waals surface area contributed by atoms with Crippen LogP contribution in [0.2, 0.25) is 0 Å². The summed E-state index contributed by atoms with van der Waals surface area (Å²) in [5.74, 6) is 0.764. The van der Waals surface area contributed by atoms with Crippen molar-refractivity contribution < 1.29 is 9.53 Å². The molecule has 3 aromatic rings. The number of hydrogen-bond donors (Lipinski definition) is 1. The molecule has 0 aliphatic heterocycles. The summed E-state index contributed by atoms with van der Waals surface area (Å²) in [7, 11) is 1.61. The maximum Gasteiger partial charge on any atom is 0.202 e. The van der Waals surface area contributed by atoms with Crippen molar-refractivity contribution in [3.63, 3.8) is 0 Å².